The van der Waals surface area contributed by atoms with Crippen LogP contribution in [0.15, 0.2) is 0 Å². The maximum atomic E-state index is 12.1. The van der Waals surface area contributed by atoms with Gasteiger partial charge in [-0.2, -0.15) is 0 Å². The van der Waals surface area contributed by atoms with E-state index in [4.69, 9.17) is 9.47 Å². The molecule has 0 saturated carbocycles. The second-order valence-electron chi connectivity index (χ2n) is 7.07. The molecule has 0 aromatic carbocycles. The van der Waals surface area contributed by atoms with Crippen LogP contribution in [0.25, 0.3) is 0 Å². The molecule has 0 bridgehead atoms. The van der Waals surface area contributed by atoms with Gasteiger partial charge in [0.15, 0.2) is 5.12 Å². The number of ether oxygens (including phenoxy) is 2. The second kappa shape index (κ2) is 9.30. The number of likely N-dealkylation sites (tertiary alicyclic amines) is 1. The van der Waals surface area contributed by atoms with Crippen LogP contribution in [0, 0.1) is 11.8 Å². The fraction of sp³-hybridized carbons (Fsp3) is 0.824. The summed E-state index contributed by atoms with van der Waals surface area (Å²) in [5.74, 6) is 0.0702. The topological polar surface area (TPSA) is 72.9 Å². The predicted molar refractivity (Wildman–Crippen MR) is 93.8 cm³/mol. The molecule has 0 aromatic rings. The van der Waals surface area contributed by atoms with Gasteiger partial charge in [0, 0.05) is 25.8 Å². The monoisotopic (exact) mass is 359 g/mol. The van der Waals surface area contributed by atoms with E-state index in [9.17, 15) is 14.4 Å². The summed E-state index contributed by atoms with van der Waals surface area (Å²) < 4.78 is 10.5. The number of carbonyl (C=O) groups excluding carboxylic acids is 3. The number of thioether (sulfide) groups is 1. The number of hydrogen-bond donors (Lipinski definition) is 0. The van der Waals surface area contributed by atoms with Crippen LogP contribution in [0.2, 0.25) is 0 Å². The van der Waals surface area contributed by atoms with Gasteiger partial charge in [-0.25, -0.2) is 4.79 Å². The molecule has 7 heteroatoms. The normalized spacial score (nSPS) is 19.0. The molecule has 6 nitrogen and oxygen atoms in total. The molecule has 1 amide bonds. The Hall–Kier alpha value is -1.24. The third-order valence-electron chi connectivity index (χ3n) is 3.66. The Morgan fingerprint density at radius 3 is 2.50 bits per heavy atom. The molecule has 24 heavy (non-hydrogen) atoms. The van der Waals surface area contributed by atoms with E-state index < -0.39 is 5.60 Å². The van der Waals surface area contributed by atoms with Crippen molar-refractivity contribution in [2.75, 3.05) is 25.4 Å². The summed E-state index contributed by atoms with van der Waals surface area (Å²) in [6, 6.07) is 0. The summed E-state index contributed by atoms with van der Waals surface area (Å²) in [5.41, 5.74) is -0.513. The molecule has 1 fully saturated rings. The SMILES string of the molecule is CCOC(=O)C(CSC(C)=O)CC1CCN(C(=O)OC(C)(C)C)C1. The lowest BCUT2D eigenvalue weighted by Gasteiger charge is -2.24. The first-order chi connectivity index (χ1) is 11.1. The fourth-order valence-electron chi connectivity index (χ4n) is 2.63. The van der Waals surface area contributed by atoms with Crippen molar-refractivity contribution < 1.29 is 23.9 Å². The molecule has 1 aliphatic heterocycles. The van der Waals surface area contributed by atoms with Crippen molar-refractivity contribution in [1.82, 2.24) is 4.90 Å². The quantitative estimate of drug-likeness (QED) is 0.679. The van der Waals surface area contributed by atoms with Crippen LogP contribution >= 0.6 is 11.8 Å². The van der Waals surface area contributed by atoms with Gasteiger partial charge in [-0.05, 0) is 46.5 Å². The van der Waals surface area contributed by atoms with Gasteiger partial charge in [-0.15, -0.1) is 0 Å². The smallest absolute Gasteiger partial charge is 0.410 e. The lowest BCUT2D eigenvalue weighted by atomic mass is 9.95. The molecule has 1 heterocycles. The number of hydrogen-bond acceptors (Lipinski definition) is 6. The zero-order valence-corrected chi connectivity index (χ0v) is 16.1. The Bertz CT molecular complexity index is 460. The van der Waals surface area contributed by atoms with Gasteiger partial charge in [0.25, 0.3) is 0 Å². The number of nitrogens with zero attached hydrogens (tertiary/aromatic N) is 1. The Morgan fingerprint density at radius 2 is 1.96 bits per heavy atom. The first-order valence-corrected chi connectivity index (χ1v) is 9.38. The maximum Gasteiger partial charge on any atom is 0.410 e. The third-order valence-corrected chi connectivity index (χ3v) is 4.64. The van der Waals surface area contributed by atoms with Crippen LogP contribution in [-0.4, -0.2) is 53.1 Å². The zero-order valence-electron chi connectivity index (χ0n) is 15.3. The predicted octanol–water partition coefficient (Wildman–Crippen LogP) is 3.09. The number of esters is 1. The Labute approximate surface area is 148 Å². The molecule has 0 radical (unpaired) electrons. The van der Waals surface area contributed by atoms with Gasteiger partial charge in [0.2, 0.25) is 0 Å². The molecule has 1 rings (SSSR count). The molecule has 1 aliphatic rings. The van der Waals surface area contributed by atoms with Crippen LogP contribution in [0.3, 0.4) is 0 Å². The molecule has 0 aromatic heterocycles. The minimum Gasteiger partial charge on any atom is -0.466 e. The van der Waals surface area contributed by atoms with Gasteiger partial charge in [-0.3, -0.25) is 9.59 Å². The van der Waals surface area contributed by atoms with Gasteiger partial charge < -0.3 is 14.4 Å². The van der Waals surface area contributed by atoms with Crippen molar-refractivity contribution in [3.8, 4) is 0 Å². The van der Waals surface area contributed by atoms with E-state index in [0.29, 0.717) is 31.9 Å². The highest BCUT2D eigenvalue weighted by Gasteiger charge is 2.33. The molecule has 0 N–H and O–H groups in total. The highest BCUT2D eigenvalue weighted by Crippen LogP contribution is 2.27. The fourth-order valence-corrected chi connectivity index (χ4v) is 3.34. The van der Waals surface area contributed by atoms with Crippen molar-refractivity contribution in [1.29, 1.82) is 0 Å². The van der Waals surface area contributed by atoms with Gasteiger partial charge >= 0.3 is 12.1 Å². The summed E-state index contributed by atoms with van der Waals surface area (Å²) in [5, 5.41) is -0.00824. The molecular formula is C17H29NO5S. The van der Waals surface area contributed by atoms with E-state index in [-0.39, 0.29) is 29.0 Å². The largest absolute Gasteiger partial charge is 0.466 e. The summed E-state index contributed by atoms with van der Waals surface area (Å²) in [6.45, 7) is 10.3. The van der Waals surface area contributed by atoms with Crippen molar-refractivity contribution in [2.24, 2.45) is 11.8 Å². The van der Waals surface area contributed by atoms with Crippen molar-refractivity contribution in [2.45, 2.75) is 53.1 Å². The van der Waals surface area contributed by atoms with Crippen LogP contribution < -0.4 is 0 Å². The molecule has 1 saturated heterocycles. The standard InChI is InChI=1S/C17H29NO5S/c1-6-22-15(20)14(11-24-12(2)19)9-13-7-8-18(10-13)16(21)23-17(3,4)5/h13-14H,6-11H2,1-5H3. The first-order valence-electron chi connectivity index (χ1n) is 8.40. The molecule has 0 aliphatic carbocycles. The Kier molecular flexibility index (Phi) is 8.06. The number of carbonyl (C=O) groups is 3. The van der Waals surface area contributed by atoms with E-state index in [1.807, 2.05) is 20.8 Å². The lowest BCUT2D eigenvalue weighted by molar-refractivity contribution is -0.147. The van der Waals surface area contributed by atoms with E-state index in [0.717, 1.165) is 18.2 Å². The van der Waals surface area contributed by atoms with Crippen LogP contribution in [0.5, 0.6) is 0 Å². The lowest BCUT2D eigenvalue weighted by Crippen LogP contribution is -2.35. The van der Waals surface area contributed by atoms with E-state index in [1.165, 1.54) is 6.92 Å². The zero-order chi connectivity index (χ0) is 18.3. The Balaban J connectivity index is 2.57. The molecule has 0 spiro atoms. The number of rotatable bonds is 6. The van der Waals surface area contributed by atoms with Gasteiger partial charge in [0.1, 0.15) is 5.60 Å². The van der Waals surface area contributed by atoms with Gasteiger partial charge in [-0.1, -0.05) is 11.8 Å². The average Bonchev–Trinajstić information content (AvgIpc) is 2.90. The molecular weight excluding hydrogens is 330 g/mol. The summed E-state index contributed by atoms with van der Waals surface area (Å²) in [4.78, 5) is 37.1. The van der Waals surface area contributed by atoms with Crippen LogP contribution in [-0.2, 0) is 19.1 Å². The minimum atomic E-state index is -0.513. The highest BCUT2D eigenvalue weighted by molar-refractivity contribution is 8.13. The average molecular weight is 359 g/mol. The summed E-state index contributed by atoms with van der Waals surface area (Å²) in [7, 11) is 0. The van der Waals surface area contributed by atoms with Gasteiger partial charge in [0.05, 0.1) is 12.5 Å². The molecule has 2 atom stereocenters. The molecule has 2 unspecified atom stereocenters. The van der Waals surface area contributed by atoms with E-state index in [1.54, 1.807) is 11.8 Å². The summed E-state index contributed by atoms with van der Waals surface area (Å²) >= 11 is 1.15. The first kappa shape index (κ1) is 20.8. The maximum absolute atomic E-state index is 12.1. The van der Waals surface area contributed by atoms with Crippen molar-refractivity contribution in [3.63, 3.8) is 0 Å². The van der Waals surface area contributed by atoms with E-state index in [2.05, 4.69) is 0 Å². The van der Waals surface area contributed by atoms with Crippen molar-refractivity contribution >= 4 is 28.9 Å². The number of amides is 1. The summed E-state index contributed by atoms with van der Waals surface area (Å²) in [6.07, 6.45) is 1.15. The minimum absolute atomic E-state index is 0.00824. The third kappa shape index (κ3) is 7.55. The van der Waals surface area contributed by atoms with Crippen LogP contribution in [0.1, 0.15) is 47.5 Å². The van der Waals surface area contributed by atoms with E-state index >= 15 is 0 Å². The second-order valence-corrected chi connectivity index (χ2v) is 8.27. The highest BCUT2D eigenvalue weighted by atomic mass is 32.2. The molecule has 138 valence electrons. The van der Waals surface area contributed by atoms with Crippen molar-refractivity contribution in [3.05, 3.63) is 0 Å². The van der Waals surface area contributed by atoms with Crippen LogP contribution in [0.4, 0.5) is 4.79 Å². The Morgan fingerprint density at radius 1 is 1.29 bits per heavy atom.